The smallest absolute Gasteiger partial charge is 0.292 e. The second-order valence-corrected chi connectivity index (χ2v) is 5.57. The first-order valence-corrected chi connectivity index (χ1v) is 6.91. The molecule has 1 aromatic rings. The highest BCUT2D eigenvalue weighted by molar-refractivity contribution is 5.98. The first kappa shape index (κ1) is 14.5. The molecular weight excluding hydrogens is 280 g/mol. The van der Waals surface area contributed by atoms with Crippen molar-refractivity contribution in [2.24, 2.45) is 27.5 Å². The van der Waals surface area contributed by atoms with Crippen LogP contribution < -0.4 is 5.73 Å². The third-order valence-electron chi connectivity index (χ3n) is 4.94. The SMILES string of the molecule is COC1(OC)N=C(N)[C@@]2(C#N)[C@@H](Cc3ccccc3)[C@@]12C#N. The van der Waals surface area contributed by atoms with Crippen LogP contribution in [0.5, 0.6) is 0 Å². The van der Waals surface area contributed by atoms with Gasteiger partial charge in [-0.1, -0.05) is 30.3 Å². The van der Waals surface area contributed by atoms with Crippen molar-refractivity contribution in [1.29, 1.82) is 10.5 Å². The summed E-state index contributed by atoms with van der Waals surface area (Å²) in [5.41, 5.74) is 4.65. The molecule has 3 rings (SSSR count). The van der Waals surface area contributed by atoms with Gasteiger partial charge in [0.15, 0.2) is 5.41 Å². The van der Waals surface area contributed by atoms with Gasteiger partial charge >= 0.3 is 0 Å². The Morgan fingerprint density at radius 1 is 1.18 bits per heavy atom. The summed E-state index contributed by atoms with van der Waals surface area (Å²) in [7, 11) is 2.81. The summed E-state index contributed by atoms with van der Waals surface area (Å²) >= 11 is 0. The Bertz CT molecular complexity index is 714. The lowest BCUT2D eigenvalue weighted by Gasteiger charge is -2.29. The number of aliphatic imine (C=N–C) groups is 1. The van der Waals surface area contributed by atoms with Crippen LogP contribution >= 0.6 is 0 Å². The van der Waals surface area contributed by atoms with Gasteiger partial charge in [-0.3, -0.25) is 0 Å². The highest BCUT2D eigenvalue weighted by atomic mass is 16.7. The fourth-order valence-electron chi connectivity index (χ4n) is 3.85. The van der Waals surface area contributed by atoms with E-state index in [4.69, 9.17) is 15.2 Å². The van der Waals surface area contributed by atoms with Crippen LogP contribution in [0.1, 0.15) is 5.56 Å². The molecule has 0 unspecified atom stereocenters. The van der Waals surface area contributed by atoms with Crippen molar-refractivity contribution in [2.45, 2.75) is 12.3 Å². The molecule has 6 heteroatoms. The molecule has 1 heterocycles. The number of nitriles is 2. The molecule has 0 radical (unpaired) electrons. The number of benzene rings is 1. The minimum atomic E-state index is -1.53. The molecule has 1 fully saturated rings. The number of rotatable bonds is 4. The fraction of sp³-hybridized carbons (Fsp3) is 0.438. The van der Waals surface area contributed by atoms with Crippen molar-refractivity contribution in [3.8, 4) is 12.1 Å². The zero-order valence-corrected chi connectivity index (χ0v) is 12.4. The summed E-state index contributed by atoms with van der Waals surface area (Å²) in [5.74, 6) is -1.74. The van der Waals surface area contributed by atoms with Crippen LogP contribution in [0.4, 0.5) is 0 Å². The maximum absolute atomic E-state index is 9.84. The van der Waals surface area contributed by atoms with Crippen molar-refractivity contribution in [3.05, 3.63) is 35.9 Å². The number of nitrogens with zero attached hydrogens (tertiary/aromatic N) is 3. The lowest BCUT2D eigenvalue weighted by molar-refractivity contribution is -0.232. The van der Waals surface area contributed by atoms with Gasteiger partial charge in [0, 0.05) is 20.1 Å². The number of nitrogens with two attached hydrogens (primary N) is 1. The van der Waals surface area contributed by atoms with E-state index < -0.39 is 16.7 Å². The second-order valence-electron chi connectivity index (χ2n) is 5.57. The zero-order valence-electron chi connectivity index (χ0n) is 12.4. The van der Waals surface area contributed by atoms with E-state index in [1.54, 1.807) is 0 Å². The normalized spacial score (nSPS) is 34.2. The Balaban J connectivity index is 2.09. The summed E-state index contributed by atoms with van der Waals surface area (Å²) in [5, 5.41) is 19.6. The van der Waals surface area contributed by atoms with Gasteiger partial charge in [-0.25, -0.2) is 4.99 Å². The van der Waals surface area contributed by atoms with Gasteiger partial charge in [0.25, 0.3) is 5.91 Å². The van der Waals surface area contributed by atoms with E-state index in [0.29, 0.717) is 6.42 Å². The first-order valence-electron chi connectivity index (χ1n) is 6.91. The molecule has 0 bridgehead atoms. The summed E-state index contributed by atoms with van der Waals surface area (Å²) < 4.78 is 10.8. The molecule has 6 nitrogen and oxygen atoms in total. The Morgan fingerprint density at radius 2 is 1.82 bits per heavy atom. The molecule has 2 aliphatic rings. The Hall–Kier alpha value is -2.41. The van der Waals surface area contributed by atoms with Gasteiger partial charge in [0.1, 0.15) is 11.3 Å². The number of ether oxygens (including phenoxy) is 2. The van der Waals surface area contributed by atoms with Crippen molar-refractivity contribution in [1.82, 2.24) is 0 Å². The molecule has 112 valence electrons. The van der Waals surface area contributed by atoms with E-state index in [0.717, 1.165) is 5.56 Å². The second kappa shape index (κ2) is 4.54. The van der Waals surface area contributed by atoms with Gasteiger partial charge in [-0.05, 0) is 12.0 Å². The molecule has 0 amide bonds. The van der Waals surface area contributed by atoms with Crippen molar-refractivity contribution >= 4 is 5.84 Å². The van der Waals surface area contributed by atoms with Crippen LogP contribution in [-0.2, 0) is 15.9 Å². The number of hydrogen-bond acceptors (Lipinski definition) is 6. The number of amidine groups is 1. The van der Waals surface area contributed by atoms with Crippen LogP contribution in [0.25, 0.3) is 0 Å². The van der Waals surface area contributed by atoms with Crippen LogP contribution in [0.3, 0.4) is 0 Å². The highest BCUT2D eigenvalue weighted by Crippen LogP contribution is 2.78. The third kappa shape index (κ3) is 1.32. The first-order chi connectivity index (χ1) is 10.6. The summed E-state index contributed by atoms with van der Waals surface area (Å²) in [6.45, 7) is 0. The van der Waals surface area contributed by atoms with Crippen molar-refractivity contribution in [2.75, 3.05) is 14.2 Å². The highest BCUT2D eigenvalue weighted by Gasteiger charge is 2.92. The van der Waals surface area contributed by atoms with Gasteiger partial charge < -0.3 is 15.2 Å². The van der Waals surface area contributed by atoms with Crippen LogP contribution in [-0.4, -0.2) is 26.0 Å². The maximum Gasteiger partial charge on any atom is 0.292 e. The Kier molecular flexibility index (Phi) is 3.00. The van der Waals surface area contributed by atoms with E-state index in [-0.39, 0.29) is 11.8 Å². The molecule has 1 aliphatic carbocycles. The standard InChI is InChI=1S/C16H16N4O2/c1-21-16(22-2)15(10-18)12(8-11-6-4-3-5-7-11)14(15,9-17)13(19)20-16/h3-7,12H,8H2,1-2H3,(H2,19,20)/t12-,14-,15-/m1/s1. The van der Waals surface area contributed by atoms with Crippen LogP contribution in [0, 0.1) is 39.4 Å². The minimum Gasteiger partial charge on any atom is -0.386 e. The largest absolute Gasteiger partial charge is 0.386 e. The lowest BCUT2D eigenvalue weighted by Crippen LogP contribution is -2.42. The molecule has 1 saturated carbocycles. The maximum atomic E-state index is 9.84. The Morgan fingerprint density at radius 3 is 2.32 bits per heavy atom. The fourth-order valence-corrected chi connectivity index (χ4v) is 3.85. The van der Waals surface area contributed by atoms with E-state index >= 15 is 0 Å². The van der Waals surface area contributed by atoms with E-state index in [9.17, 15) is 10.5 Å². The van der Waals surface area contributed by atoms with E-state index in [1.165, 1.54) is 14.2 Å². The van der Waals surface area contributed by atoms with E-state index in [2.05, 4.69) is 17.1 Å². The van der Waals surface area contributed by atoms with Gasteiger partial charge in [-0.15, -0.1) is 0 Å². The third-order valence-corrected chi connectivity index (χ3v) is 4.94. The summed E-state index contributed by atoms with van der Waals surface area (Å²) in [4.78, 5) is 4.17. The minimum absolute atomic E-state index is 0.112. The Labute approximate surface area is 128 Å². The average Bonchev–Trinajstić information content (AvgIpc) is 3.08. The molecule has 3 atom stereocenters. The summed E-state index contributed by atoms with van der Waals surface area (Å²) in [6, 6.07) is 14.1. The van der Waals surface area contributed by atoms with Crippen LogP contribution in [0.2, 0.25) is 0 Å². The molecule has 2 N–H and O–H groups in total. The zero-order chi connectivity index (χ0) is 16.0. The predicted molar refractivity (Wildman–Crippen MR) is 78.1 cm³/mol. The molecule has 0 saturated heterocycles. The lowest BCUT2D eigenvalue weighted by atomic mass is 9.93. The molecule has 22 heavy (non-hydrogen) atoms. The molecule has 1 aromatic carbocycles. The van der Waals surface area contributed by atoms with Crippen molar-refractivity contribution < 1.29 is 9.47 Å². The number of methoxy groups -OCH3 is 2. The monoisotopic (exact) mass is 296 g/mol. The molecule has 0 aromatic heterocycles. The molecule has 0 spiro atoms. The topological polar surface area (TPSA) is 104 Å². The van der Waals surface area contributed by atoms with Gasteiger partial charge in [0.05, 0.1) is 12.1 Å². The van der Waals surface area contributed by atoms with Crippen LogP contribution in [0.15, 0.2) is 35.3 Å². The van der Waals surface area contributed by atoms with E-state index in [1.807, 2.05) is 30.3 Å². The number of fused-ring (bicyclic) bond motifs is 1. The number of hydrogen-bond donors (Lipinski definition) is 1. The molecule has 1 aliphatic heterocycles. The van der Waals surface area contributed by atoms with Crippen molar-refractivity contribution in [3.63, 3.8) is 0 Å². The van der Waals surface area contributed by atoms with Gasteiger partial charge in [-0.2, -0.15) is 10.5 Å². The average molecular weight is 296 g/mol. The summed E-state index contributed by atoms with van der Waals surface area (Å²) in [6.07, 6.45) is 0.534. The van der Waals surface area contributed by atoms with Gasteiger partial charge in [0.2, 0.25) is 0 Å². The predicted octanol–water partition coefficient (Wildman–Crippen LogP) is 1.20. The quantitative estimate of drug-likeness (QED) is 0.840. The molecular formula is C16H16N4O2.